The van der Waals surface area contributed by atoms with Gasteiger partial charge in [-0.2, -0.15) is 13.2 Å². The molecular weight excluding hydrogens is 575 g/mol. The van der Waals surface area contributed by atoms with Gasteiger partial charge in [-0.05, 0) is 31.4 Å². The second-order valence-corrected chi connectivity index (χ2v) is 11.0. The highest BCUT2D eigenvalue weighted by molar-refractivity contribution is 7.09. The van der Waals surface area contributed by atoms with Gasteiger partial charge in [-0.15, -0.1) is 11.3 Å². The van der Waals surface area contributed by atoms with Crippen molar-refractivity contribution in [2.24, 2.45) is 28.1 Å². The topological polar surface area (TPSA) is 187 Å². The average Bonchev–Trinajstić information content (AvgIpc) is 3.68. The molecule has 3 aromatic heterocycles. The Morgan fingerprint density at radius 3 is 2.62 bits per heavy atom. The summed E-state index contributed by atoms with van der Waals surface area (Å²) in [6.45, 7) is 0.612. The molecule has 3 aromatic rings. The van der Waals surface area contributed by atoms with Crippen molar-refractivity contribution in [3.8, 4) is 0 Å². The lowest BCUT2D eigenvalue weighted by atomic mass is 9.94. The molecule has 3 atom stereocenters. The SMILES string of the molecule is CNC(=O)[C@H](CCCCN=C(N)N)CC(=O)c1csc([C@@H]2C[C@@H](N)CN2C(=O)c2cn3cc(C(F)(F)F)ccc3n2)n1. The summed E-state index contributed by atoms with van der Waals surface area (Å²) in [5, 5.41) is 4.68. The van der Waals surface area contributed by atoms with Gasteiger partial charge in [-0.1, -0.05) is 6.42 Å². The summed E-state index contributed by atoms with van der Waals surface area (Å²) in [7, 11) is 1.51. The van der Waals surface area contributed by atoms with Crippen molar-refractivity contribution >= 4 is 40.5 Å². The average molecular weight is 608 g/mol. The molecule has 0 aliphatic carbocycles. The second-order valence-electron chi connectivity index (χ2n) is 10.1. The fourth-order valence-corrected chi connectivity index (χ4v) is 5.82. The van der Waals surface area contributed by atoms with Crippen LogP contribution in [0.25, 0.3) is 5.65 Å². The Hall–Kier alpha value is -4.05. The van der Waals surface area contributed by atoms with Crippen LogP contribution in [0.5, 0.6) is 0 Å². The highest BCUT2D eigenvalue weighted by atomic mass is 32.1. The van der Waals surface area contributed by atoms with Gasteiger partial charge in [0.1, 0.15) is 22.0 Å². The van der Waals surface area contributed by atoms with E-state index in [1.165, 1.54) is 35.5 Å². The number of carbonyl (C=O) groups is 3. The highest BCUT2D eigenvalue weighted by Crippen LogP contribution is 2.35. The number of amides is 2. The van der Waals surface area contributed by atoms with E-state index < -0.39 is 29.6 Å². The lowest BCUT2D eigenvalue weighted by Crippen LogP contribution is -2.33. The number of rotatable bonds is 11. The Balaban J connectivity index is 1.46. The van der Waals surface area contributed by atoms with Crippen LogP contribution in [0.2, 0.25) is 0 Å². The van der Waals surface area contributed by atoms with E-state index in [9.17, 15) is 27.6 Å². The Morgan fingerprint density at radius 1 is 1.17 bits per heavy atom. The zero-order valence-electron chi connectivity index (χ0n) is 22.8. The molecule has 1 aliphatic heterocycles. The number of fused-ring (bicyclic) bond motifs is 1. The Bertz CT molecular complexity index is 1480. The minimum absolute atomic E-state index is 0.00582. The number of Topliss-reactive ketones (excluding diaryl/α,β-unsaturated/α-hetero) is 1. The van der Waals surface area contributed by atoms with Gasteiger partial charge in [0.05, 0.1) is 11.6 Å². The van der Waals surface area contributed by atoms with Crippen LogP contribution in [0.15, 0.2) is 34.9 Å². The number of carbonyl (C=O) groups excluding carboxylic acids is 3. The molecule has 0 saturated carbocycles. The molecule has 42 heavy (non-hydrogen) atoms. The molecule has 1 aliphatic rings. The molecule has 4 rings (SSSR count). The van der Waals surface area contributed by atoms with Crippen molar-refractivity contribution in [1.29, 1.82) is 0 Å². The molecule has 226 valence electrons. The first kappa shape index (κ1) is 30.9. The number of thiazole rings is 1. The Morgan fingerprint density at radius 2 is 1.93 bits per heavy atom. The van der Waals surface area contributed by atoms with Crippen molar-refractivity contribution in [3.63, 3.8) is 0 Å². The number of imidazole rings is 1. The first-order chi connectivity index (χ1) is 19.9. The molecule has 0 bridgehead atoms. The van der Waals surface area contributed by atoms with Crippen molar-refractivity contribution in [1.82, 2.24) is 24.6 Å². The van der Waals surface area contributed by atoms with Gasteiger partial charge < -0.3 is 31.8 Å². The van der Waals surface area contributed by atoms with Crippen LogP contribution in [-0.2, 0) is 11.0 Å². The number of guanidine groups is 1. The molecule has 1 saturated heterocycles. The second kappa shape index (κ2) is 12.9. The van der Waals surface area contributed by atoms with E-state index in [1.807, 2.05) is 0 Å². The molecule has 4 heterocycles. The summed E-state index contributed by atoms with van der Waals surface area (Å²) in [5.41, 5.74) is 16.3. The smallest absolute Gasteiger partial charge is 0.370 e. The predicted molar refractivity (Wildman–Crippen MR) is 150 cm³/mol. The van der Waals surface area contributed by atoms with E-state index in [0.29, 0.717) is 37.2 Å². The summed E-state index contributed by atoms with van der Waals surface area (Å²) in [5.74, 6) is -1.63. The number of nitrogens with one attached hydrogen (secondary N) is 1. The number of hydrogen-bond donors (Lipinski definition) is 4. The third-order valence-electron chi connectivity index (χ3n) is 6.99. The first-order valence-electron chi connectivity index (χ1n) is 13.3. The summed E-state index contributed by atoms with van der Waals surface area (Å²) in [4.78, 5) is 53.0. The molecule has 0 radical (unpaired) electrons. The fourth-order valence-electron chi connectivity index (χ4n) is 4.87. The largest absolute Gasteiger partial charge is 0.417 e. The number of pyridine rings is 1. The monoisotopic (exact) mass is 607 g/mol. The van der Waals surface area contributed by atoms with E-state index in [0.717, 1.165) is 16.7 Å². The van der Waals surface area contributed by atoms with Crippen molar-refractivity contribution in [3.05, 3.63) is 51.9 Å². The molecule has 2 amide bonds. The molecule has 1 fully saturated rings. The van der Waals surface area contributed by atoms with E-state index in [2.05, 4.69) is 20.3 Å². The maximum Gasteiger partial charge on any atom is 0.417 e. The van der Waals surface area contributed by atoms with Crippen molar-refractivity contribution in [2.45, 2.75) is 50.4 Å². The lowest BCUT2D eigenvalue weighted by molar-refractivity contribution is -0.137. The molecule has 7 N–H and O–H groups in total. The van der Waals surface area contributed by atoms with Gasteiger partial charge in [0.15, 0.2) is 11.7 Å². The van der Waals surface area contributed by atoms with E-state index in [1.54, 1.807) is 5.38 Å². The number of ketones is 1. The third kappa shape index (κ3) is 7.23. The normalized spacial score (nSPS) is 17.8. The Labute approximate surface area is 243 Å². The third-order valence-corrected chi connectivity index (χ3v) is 7.93. The summed E-state index contributed by atoms with van der Waals surface area (Å²) < 4.78 is 40.5. The maximum absolute atomic E-state index is 13.4. The van der Waals surface area contributed by atoms with Crippen LogP contribution in [0.4, 0.5) is 13.2 Å². The minimum Gasteiger partial charge on any atom is -0.370 e. The number of hydrogen-bond acceptors (Lipinski definition) is 8. The van der Waals surface area contributed by atoms with E-state index in [4.69, 9.17) is 17.2 Å². The first-order valence-corrected chi connectivity index (χ1v) is 14.1. The number of halogens is 3. The van der Waals surface area contributed by atoms with Gasteiger partial charge in [-0.3, -0.25) is 19.4 Å². The summed E-state index contributed by atoms with van der Waals surface area (Å²) in [6.07, 6.45) is -0.309. The van der Waals surface area contributed by atoms with E-state index >= 15 is 0 Å². The number of alkyl halides is 3. The van der Waals surface area contributed by atoms with Crippen LogP contribution < -0.4 is 22.5 Å². The Kier molecular flexibility index (Phi) is 9.46. The maximum atomic E-state index is 13.4. The number of unbranched alkanes of at least 4 members (excludes halogenated alkanes) is 1. The molecule has 12 nitrogen and oxygen atoms in total. The van der Waals surface area contributed by atoms with Crippen LogP contribution in [0.3, 0.4) is 0 Å². The fraction of sp³-hybridized carbons (Fsp3) is 0.462. The van der Waals surface area contributed by atoms with Crippen molar-refractivity contribution < 1.29 is 27.6 Å². The minimum atomic E-state index is -4.54. The molecule has 0 spiro atoms. The van der Waals surface area contributed by atoms with Gasteiger partial charge in [0.25, 0.3) is 5.91 Å². The van der Waals surface area contributed by atoms with E-state index in [-0.39, 0.29) is 53.7 Å². The van der Waals surface area contributed by atoms with Gasteiger partial charge in [0, 0.05) is 56.3 Å². The summed E-state index contributed by atoms with van der Waals surface area (Å²) in [6, 6.07) is 1.19. The van der Waals surface area contributed by atoms with Crippen LogP contribution in [-0.4, -0.2) is 69.0 Å². The number of nitrogens with two attached hydrogens (primary N) is 3. The summed E-state index contributed by atoms with van der Waals surface area (Å²) >= 11 is 1.20. The zero-order chi connectivity index (χ0) is 30.6. The van der Waals surface area contributed by atoms with Crippen LogP contribution >= 0.6 is 11.3 Å². The lowest BCUT2D eigenvalue weighted by Gasteiger charge is -2.21. The molecular formula is C26H32F3N9O3S. The number of nitrogens with zero attached hydrogens (tertiary/aromatic N) is 5. The molecule has 16 heteroatoms. The van der Waals surface area contributed by atoms with Gasteiger partial charge >= 0.3 is 6.18 Å². The number of aliphatic imine (C=N–C) groups is 1. The highest BCUT2D eigenvalue weighted by Gasteiger charge is 2.38. The van der Waals surface area contributed by atoms with Crippen LogP contribution in [0.1, 0.15) is 69.7 Å². The van der Waals surface area contributed by atoms with Crippen LogP contribution in [0, 0.1) is 5.92 Å². The van der Waals surface area contributed by atoms with Crippen molar-refractivity contribution in [2.75, 3.05) is 20.1 Å². The quantitative estimate of drug-likeness (QED) is 0.110. The van der Waals surface area contributed by atoms with Gasteiger partial charge in [0.2, 0.25) is 5.91 Å². The zero-order valence-corrected chi connectivity index (χ0v) is 23.6. The van der Waals surface area contributed by atoms with Gasteiger partial charge in [-0.25, -0.2) is 9.97 Å². The number of likely N-dealkylation sites (tertiary alicyclic amines) is 1. The molecule has 0 aromatic carbocycles. The predicted octanol–water partition coefficient (Wildman–Crippen LogP) is 2.10. The molecule has 0 unspecified atom stereocenters. The standard InChI is InChI=1S/C26H32F3N9O3S/c1-33-22(40)14(4-2-3-7-34-25(31)32)8-20(39)18-13-42-23(36-18)19-9-16(30)11-38(19)24(41)17-12-37-10-15(26(27,28)29)5-6-21(37)35-17/h5-6,10,12-14,16,19H,2-4,7-9,11,30H2,1H3,(H,33,40)(H4,31,32,34)/t14-,16-,19+/m1/s1. The number of aromatic nitrogens is 3.